The molecular formula is C44H34N4S. The zero-order valence-corrected chi connectivity index (χ0v) is 27.6. The van der Waals surface area contributed by atoms with Gasteiger partial charge in [0, 0.05) is 27.9 Å². The Kier molecular flexibility index (Phi) is 7.69. The van der Waals surface area contributed by atoms with E-state index in [0.717, 1.165) is 22.7 Å². The molecule has 0 bridgehead atoms. The monoisotopic (exact) mass is 650 g/mol. The van der Waals surface area contributed by atoms with Crippen molar-refractivity contribution in [1.29, 1.82) is 0 Å². The molecule has 3 unspecified atom stereocenters. The van der Waals surface area contributed by atoms with Gasteiger partial charge in [-0.1, -0.05) is 145 Å². The van der Waals surface area contributed by atoms with E-state index >= 15 is 0 Å². The lowest BCUT2D eigenvalue weighted by Gasteiger charge is -2.33. The van der Waals surface area contributed by atoms with Crippen LogP contribution in [0.2, 0.25) is 0 Å². The SMILES string of the molecule is C1=C(c2cccc(-c3ccccc3)c2)NC(c2cccc(-c3ccccc3)c2)NC1c1cccc(C2=NC=C3c4ccccc4SC3N2)c1. The Labute approximate surface area is 291 Å². The second-order valence-electron chi connectivity index (χ2n) is 12.6. The maximum atomic E-state index is 4.91. The zero-order valence-electron chi connectivity index (χ0n) is 26.8. The molecule has 0 saturated carbocycles. The number of nitrogens with zero attached hydrogens (tertiary/aromatic N) is 1. The number of amidine groups is 1. The Bertz CT molecular complexity index is 2260. The molecule has 3 atom stereocenters. The average Bonchev–Trinajstić information content (AvgIpc) is 3.57. The molecule has 0 radical (unpaired) electrons. The van der Waals surface area contributed by atoms with Gasteiger partial charge in [0.1, 0.15) is 17.4 Å². The maximum Gasteiger partial charge on any atom is 0.134 e. The molecule has 9 rings (SSSR count). The van der Waals surface area contributed by atoms with Crippen LogP contribution in [-0.4, -0.2) is 11.2 Å². The largest absolute Gasteiger partial charge is 0.366 e. The molecule has 6 aromatic rings. The Morgan fingerprint density at radius 2 is 1.12 bits per heavy atom. The van der Waals surface area contributed by atoms with Crippen LogP contribution in [0, 0.1) is 0 Å². The predicted molar refractivity (Wildman–Crippen MR) is 204 cm³/mol. The average molecular weight is 651 g/mol. The number of rotatable bonds is 6. The van der Waals surface area contributed by atoms with E-state index in [4.69, 9.17) is 4.99 Å². The molecular weight excluding hydrogens is 617 g/mol. The van der Waals surface area contributed by atoms with Gasteiger partial charge in [0.2, 0.25) is 0 Å². The second-order valence-corrected chi connectivity index (χ2v) is 13.7. The van der Waals surface area contributed by atoms with Crippen molar-refractivity contribution in [3.8, 4) is 22.3 Å². The van der Waals surface area contributed by atoms with Gasteiger partial charge in [0.25, 0.3) is 0 Å². The van der Waals surface area contributed by atoms with E-state index < -0.39 is 0 Å². The molecule has 0 amide bonds. The minimum absolute atomic E-state index is 0.0395. The van der Waals surface area contributed by atoms with Crippen molar-refractivity contribution in [3.05, 3.63) is 198 Å². The molecule has 0 saturated heterocycles. The van der Waals surface area contributed by atoms with Gasteiger partial charge in [0.15, 0.2) is 0 Å². The van der Waals surface area contributed by atoms with Gasteiger partial charge in [-0.2, -0.15) is 0 Å². The van der Waals surface area contributed by atoms with Crippen LogP contribution >= 0.6 is 11.8 Å². The summed E-state index contributed by atoms with van der Waals surface area (Å²) in [6.07, 6.45) is 4.25. The Morgan fingerprint density at radius 3 is 1.92 bits per heavy atom. The summed E-state index contributed by atoms with van der Waals surface area (Å²) in [7, 11) is 0. The summed E-state index contributed by atoms with van der Waals surface area (Å²) in [6, 6.07) is 56.1. The summed E-state index contributed by atoms with van der Waals surface area (Å²) in [6.45, 7) is 0. The lowest BCUT2D eigenvalue weighted by atomic mass is 9.94. The smallest absolute Gasteiger partial charge is 0.134 e. The molecule has 3 aliphatic rings. The highest BCUT2D eigenvalue weighted by Gasteiger charge is 2.31. The van der Waals surface area contributed by atoms with E-state index in [0.29, 0.717) is 0 Å². The van der Waals surface area contributed by atoms with E-state index in [1.54, 1.807) is 0 Å². The van der Waals surface area contributed by atoms with Crippen molar-refractivity contribution in [2.45, 2.75) is 22.5 Å². The molecule has 0 spiro atoms. The standard InChI is InChI=1S/C44H34N4S/c1-3-12-29(13-4-1)31-16-9-18-33(24-31)39-27-40(47-43(46-39)36-21-10-17-32(25-36)30-14-5-2-6-15-30)34-19-11-20-35(26-34)42-45-28-38-37-22-7-8-23-41(37)49-44(38)48-42/h1-28,40,43-44,46-47H,(H,45,48). The molecule has 5 heteroatoms. The van der Waals surface area contributed by atoms with Gasteiger partial charge in [-0.3, -0.25) is 5.32 Å². The first-order valence-corrected chi connectivity index (χ1v) is 17.6. The van der Waals surface area contributed by atoms with E-state index in [9.17, 15) is 0 Å². The first-order chi connectivity index (χ1) is 24.2. The van der Waals surface area contributed by atoms with Gasteiger partial charge < -0.3 is 10.6 Å². The summed E-state index contributed by atoms with van der Waals surface area (Å²) >= 11 is 1.86. The minimum atomic E-state index is -0.110. The number of fused-ring (bicyclic) bond motifs is 3. The van der Waals surface area contributed by atoms with Gasteiger partial charge in [-0.15, -0.1) is 0 Å². The Balaban J connectivity index is 1.08. The highest BCUT2D eigenvalue weighted by Crippen LogP contribution is 2.44. The lowest BCUT2D eigenvalue weighted by molar-refractivity contribution is 0.443. The van der Waals surface area contributed by atoms with Crippen LogP contribution in [0.15, 0.2) is 180 Å². The molecule has 6 aromatic carbocycles. The molecule has 3 aliphatic heterocycles. The number of thioether (sulfide) groups is 1. The molecule has 3 heterocycles. The molecule has 0 aromatic heterocycles. The quantitative estimate of drug-likeness (QED) is 0.168. The fourth-order valence-corrected chi connectivity index (χ4v) is 8.14. The highest BCUT2D eigenvalue weighted by molar-refractivity contribution is 8.00. The van der Waals surface area contributed by atoms with E-state index in [2.05, 4.69) is 180 Å². The van der Waals surface area contributed by atoms with Gasteiger partial charge in [0.05, 0.1) is 6.04 Å². The molecule has 0 fully saturated rings. The number of hydrogen-bond acceptors (Lipinski definition) is 5. The van der Waals surface area contributed by atoms with Crippen LogP contribution in [0.3, 0.4) is 0 Å². The summed E-state index contributed by atoms with van der Waals surface area (Å²) in [5.41, 5.74) is 13.0. The number of hydrogen-bond donors (Lipinski definition) is 3. The van der Waals surface area contributed by atoms with Crippen molar-refractivity contribution < 1.29 is 0 Å². The summed E-state index contributed by atoms with van der Waals surface area (Å²) in [5.74, 6) is 0.900. The van der Waals surface area contributed by atoms with Crippen LogP contribution < -0.4 is 16.0 Å². The van der Waals surface area contributed by atoms with Crippen LogP contribution in [0.5, 0.6) is 0 Å². The van der Waals surface area contributed by atoms with Crippen LogP contribution in [0.1, 0.15) is 40.0 Å². The third kappa shape index (κ3) is 5.88. The third-order valence-electron chi connectivity index (χ3n) is 9.43. The highest BCUT2D eigenvalue weighted by atomic mass is 32.2. The molecule has 49 heavy (non-hydrogen) atoms. The second kappa shape index (κ2) is 12.8. The Hall–Kier alpha value is -5.62. The van der Waals surface area contributed by atoms with Gasteiger partial charge >= 0.3 is 0 Å². The van der Waals surface area contributed by atoms with Crippen molar-refractivity contribution >= 4 is 28.9 Å². The fraction of sp³-hybridized carbons (Fsp3) is 0.0682. The van der Waals surface area contributed by atoms with Crippen LogP contribution in [-0.2, 0) is 0 Å². The molecule has 3 N–H and O–H groups in total. The van der Waals surface area contributed by atoms with Gasteiger partial charge in [-0.25, -0.2) is 4.99 Å². The molecule has 4 nitrogen and oxygen atoms in total. The van der Waals surface area contributed by atoms with Crippen LogP contribution in [0.25, 0.3) is 33.5 Å². The normalized spacial score (nSPS) is 19.3. The maximum absolute atomic E-state index is 4.91. The lowest BCUT2D eigenvalue weighted by Crippen LogP contribution is -2.39. The van der Waals surface area contributed by atoms with Gasteiger partial charge in [-0.05, 0) is 74.8 Å². The molecule has 0 aliphatic carbocycles. The first-order valence-electron chi connectivity index (χ1n) is 16.7. The Morgan fingerprint density at radius 1 is 0.510 bits per heavy atom. The summed E-state index contributed by atoms with van der Waals surface area (Å²) in [5, 5.41) is 11.7. The summed E-state index contributed by atoms with van der Waals surface area (Å²) in [4.78, 5) is 6.21. The van der Waals surface area contributed by atoms with E-state index in [-0.39, 0.29) is 17.6 Å². The van der Waals surface area contributed by atoms with Crippen molar-refractivity contribution in [2.75, 3.05) is 0 Å². The van der Waals surface area contributed by atoms with Crippen LogP contribution in [0.4, 0.5) is 0 Å². The van der Waals surface area contributed by atoms with E-state index in [1.165, 1.54) is 49.4 Å². The zero-order chi connectivity index (χ0) is 32.6. The predicted octanol–water partition coefficient (Wildman–Crippen LogP) is 9.82. The molecule has 236 valence electrons. The summed E-state index contributed by atoms with van der Waals surface area (Å²) < 4.78 is 0. The van der Waals surface area contributed by atoms with Crippen molar-refractivity contribution in [1.82, 2.24) is 16.0 Å². The fourth-order valence-electron chi connectivity index (χ4n) is 6.93. The minimum Gasteiger partial charge on any atom is -0.366 e. The van der Waals surface area contributed by atoms with Crippen molar-refractivity contribution in [3.63, 3.8) is 0 Å². The topological polar surface area (TPSA) is 48.5 Å². The third-order valence-corrected chi connectivity index (χ3v) is 10.6. The number of aliphatic imine (C=N–C) groups is 1. The van der Waals surface area contributed by atoms with E-state index in [1.807, 2.05) is 18.0 Å². The number of nitrogens with one attached hydrogen (secondary N) is 3. The first kappa shape index (κ1) is 29.5. The van der Waals surface area contributed by atoms with Crippen molar-refractivity contribution in [2.24, 2.45) is 4.99 Å². The number of benzene rings is 6.